The van der Waals surface area contributed by atoms with Gasteiger partial charge in [0.1, 0.15) is 30.2 Å². The van der Waals surface area contributed by atoms with Gasteiger partial charge >= 0.3 is 0 Å². The molecule has 3 aromatic carbocycles. The molecule has 1 heterocycles. The number of methoxy groups -OCH3 is 1. The molecule has 0 saturated heterocycles. The van der Waals surface area contributed by atoms with E-state index in [0.717, 1.165) is 23.3 Å². The lowest BCUT2D eigenvalue weighted by atomic mass is 10.0. The number of rotatable bonds is 9. The first-order valence-corrected chi connectivity index (χ1v) is 15.8. The van der Waals surface area contributed by atoms with E-state index in [1.165, 1.54) is 0 Å². The van der Waals surface area contributed by atoms with E-state index in [4.69, 9.17) is 9.47 Å². The van der Waals surface area contributed by atoms with Crippen molar-refractivity contribution in [1.29, 1.82) is 0 Å². The molecule has 0 radical (unpaired) electrons. The molecule has 0 bridgehead atoms. The van der Waals surface area contributed by atoms with Gasteiger partial charge < -0.3 is 30.7 Å². The Morgan fingerprint density at radius 3 is 2.43 bits per heavy atom. The molecule has 4 rings (SSSR count). The van der Waals surface area contributed by atoms with Gasteiger partial charge in [0.25, 0.3) is 5.91 Å². The molecule has 3 aromatic rings. The Morgan fingerprint density at radius 1 is 0.935 bits per heavy atom. The van der Waals surface area contributed by atoms with Crippen LogP contribution in [0, 0.1) is 5.92 Å². The predicted octanol–water partition coefficient (Wildman–Crippen LogP) is 3.58. The number of carbonyl (C=O) groups is 4. The van der Waals surface area contributed by atoms with Gasteiger partial charge in [-0.2, -0.15) is 0 Å². The molecule has 1 aliphatic rings. The Labute approximate surface area is 270 Å². The molecular weight excluding hydrogens is 584 g/mol. The maximum Gasteiger partial charge on any atom is 0.255 e. The zero-order chi connectivity index (χ0) is 32.9. The van der Waals surface area contributed by atoms with Crippen molar-refractivity contribution in [3.63, 3.8) is 0 Å². The van der Waals surface area contributed by atoms with Crippen molar-refractivity contribution in [1.82, 2.24) is 21.3 Å². The largest absolute Gasteiger partial charge is 0.497 e. The highest BCUT2D eigenvalue weighted by Crippen LogP contribution is 2.20. The smallest absolute Gasteiger partial charge is 0.255 e. The van der Waals surface area contributed by atoms with Gasteiger partial charge in [-0.1, -0.05) is 68.4 Å². The molecule has 0 unspecified atom stereocenters. The molecule has 244 valence electrons. The van der Waals surface area contributed by atoms with Gasteiger partial charge in [-0.15, -0.1) is 0 Å². The van der Waals surface area contributed by atoms with E-state index >= 15 is 0 Å². The van der Waals surface area contributed by atoms with Crippen LogP contribution in [0.15, 0.2) is 78.9 Å². The number of amides is 4. The number of ether oxygens (including phenoxy) is 2. The fraction of sp³-hybridized carbons (Fsp3) is 0.389. The molecule has 0 saturated carbocycles. The van der Waals surface area contributed by atoms with Crippen LogP contribution in [0.2, 0.25) is 0 Å². The first-order chi connectivity index (χ1) is 22.2. The van der Waals surface area contributed by atoms with Crippen LogP contribution in [-0.4, -0.2) is 62.0 Å². The van der Waals surface area contributed by atoms with Crippen LogP contribution >= 0.6 is 0 Å². The normalized spacial score (nSPS) is 19.3. The van der Waals surface area contributed by atoms with Gasteiger partial charge in [-0.05, 0) is 60.6 Å². The zero-order valence-electron chi connectivity index (χ0n) is 26.7. The number of benzene rings is 3. The second-order valence-electron chi connectivity index (χ2n) is 11.8. The van der Waals surface area contributed by atoms with Crippen LogP contribution in [0.5, 0.6) is 11.5 Å². The van der Waals surface area contributed by atoms with Gasteiger partial charge in [0.05, 0.1) is 18.7 Å². The third-order valence-electron chi connectivity index (χ3n) is 7.97. The highest BCUT2D eigenvalue weighted by Gasteiger charge is 2.29. The number of para-hydroxylation sites is 1. The first-order valence-electron chi connectivity index (χ1n) is 15.8. The molecule has 3 atom stereocenters. The third kappa shape index (κ3) is 10.1. The van der Waals surface area contributed by atoms with E-state index in [0.29, 0.717) is 25.1 Å². The topological polar surface area (TPSA) is 135 Å². The van der Waals surface area contributed by atoms with Crippen LogP contribution in [0.25, 0.3) is 0 Å². The van der Waals surface area contributed by atoms with E-state index in [2.05, 4.69) is 21.3 Å². The van der Waals surface area contributed by atoms with Crippen LogP contribution in [0.1, 0.15) is 54.6 Å². The highest BCUT2D eigenvalue weighted by molar-refractivity contribution is 5.99. The monoisotopic (exact) mass is 628 g/mol. The molecule has 1 aliphatic heterocycles. The lowest BCUT2D eigenvalue weighted by Crippen LogP contribution is -2.53. The summed E-state index contributed by atoms with van der Waals surface area (Å²) in [5.41, 5.74) is 2.23. The van der Waals surface area contributed by atoms with Crippen molar-refractivity contribution < 1.29 is 28.7 Å². The summed E-state index contributed by atoms with van der Waals surface area (Å²) in [5.74, 6) is -0.503. The van der Waals surface area contributed by atoms with Crippen LogP contribution in [-0.2, 0) is 27.2 Å². The number of nitrogens with one attached hydrogen (secondary N) is 4. The molecule has 0 fully saturated rings. The van der Waals surface area contributed by atoms with Crippen molar-refractivity contribution >= 4 is 23.6 Å². The van der Waals surface area contributed by atoms with Crippen LogP contribution in [0.4, 0.5) is 0 Å². The summed E-state index contributed by atoms with van der Waals surface area (Å²) in [6.45, 7) is 4.42. The highest BCUT2D eigenvalue weighted by atomic mass is 16.5. The Hall–Kier alpha value is -4.86. The fourth-order valence-corrected chi connectivity index (χ4v) is 5.20. The molecule has 0 aliphatic carbocycles. The van der Waals surface area contributed by atoms with E-state index in [1.54, 1.807) is 31.4 Å². The standard InChI is InChI=1S/C36H44N4O6/c1-24(2)31-23-46-32-17-8-7-16-28(32)34(42)39-29(35(43)37-20-10-14-25-13-9-15-27(21-25)45-3)18-19-33(41)38-30(36(44)40-31)22-26-11-5-4-6-12-26/h4-9,11-13,15-17,21,24,29-31H,10,14,18-20,22-23H2,1-3H3,(H,37,43)(H,38,41)(H,39,42)(H,40,44)/t29-,30-,31-/m0/s1. The van der Waals surface area contributed by atoms with Crippen LogP contribution < -0.4 is 30.7 Å². The fourth-order valence-electron chi connectivity index (χ4n) is 5.20. The second-order valence-corrected chi connectivity index (χ2v) is 11.8. The van der Waals surface area contributed by atoms with E-state index in [-0.39, 0.29) is 42.9 Å². The summed E-state index contributed by atoms with van der Waals surface area (Å²) < 4.78 is 11.4. The van der Waals surface area contributed by atoms with Gasteiger partial charge in [0, 0.05) is 19.4 Å². The van der Waals surface area contributed by atoms with Crippen molar-refractivity contribution in [3.8, 4) is 11.5 Å². The SMILES string of the molecule is COc1cccc(CCCNC(=O)[C@@H]2CCC(=O)N[C@@H](Cc3ccccc3)C(=O)N[C@H](C(C)C)COc3ccccc3C(=O)N2)c1. The summed E-state index contributed by atoms with van der Waals surface area (Å²) in [7, 11) is 1.62. The minimum absolute atomic E-state index is 0.00527. The molecule has 0 aromatic heterocycles. The zero-order valence-corrected chi connectivity index (χ0v) is 26.7. The van der Waals surface area contributed by atoms with Crippen LogP contribution in [0.3, 0.4) is 0 Å². The van der Waals surface area contributed by atoms with Gasteiger partial charge in [0.2, 0.25) is 17.7 Å². The molecule has 0 spiro atoms. The molecule has 46 heavy (non-hydrogen) atoms. The van der Waals surface area contributed by atoms with Crippen molar-refractivity contribution in [2.45, 2.75) is 64.1 Å². The van der Waals surface area contributed by atoms with Crippen molar-refractivity contribution in [2.75, 3.05) is 20.3 Å². The summed E-state index contributed by atoms with van der Waals surface area (Å²) in [6, 6.07) is 21.8. The van der Waals surface area contributed by atoms with Gasteiger partial charge in [-0.3, -0.25) is 19.2 Å². The average molecular weight is 629 g/mol. The number of aryl methyl sites for hydroxylation is 1. The van der Waals surface area contributed by atoms with Crippen molar-refractivity contribution in [3.05, 3.63) is 95.6 Å². The lowest BCUT2D eigenvalue weighted by Gasteiger charge is -2.26. The molecule has 10 heteroatoms. The molecular formula is C36H44N4O6. The van der Waals surface area contributed by atoms with Gasteiger partial charge in [-0.25, -0.2) is 0 Å². The maximum absolute atomic E-state index is 13.6. The van der Waals surface area contributed by atoms with E-state index in [9.17, 15) is 19.2 Å². The second kappa shape index (κ2) is 17.0. The quantitative estimate of drug-likeness (QED) is 0.268. The molecule has 4 amide bonds. The van der Waals surface area contributed by atoms with E-state index < -0.39 is 29.8 Å². The first kappa shape index (κ1) is 34.0. The summed E-state index contributed by atoms with van der Waals surface area (Å²) in [6.07, 6.45) is 1.65. The molecule has 10 nitrogen and oxygen atoms in total. The Balaban J connectivity index is 1.52. The van der Waals surface area contributed by atoms with Crippen molar-refractivity contribution in [2.24, 2.45) is 5.92 Å². The molecule has 4 N–H and O–H groups in total. The summed E-state index contributed by atoms with van der Waals surface area (Å²) in [5, 5.41) is 11.6. The average Bonchev–Trinajstić information content (AvgIpc) is 3.06. The Bertz CT molecular complexity index is 1480. The number of fused-ring (bicyclic) bond motifs is 1. The maximum atomic E-state index is 13.6. The third-order valence-corrected chi connectivity index (χ3v) is 7.97. The minimum Gasteiger partial charge on any atom is -0.497 e. The van der Waals surface area contributed by atoms with Gasteiger partial charge in [0.15, 0.2) is 0 Å². The van der Waals surface area contributed by atoms with E-state index in [1.807, 2.05) is 68.4 Å². The predicted molar refractivity (Wildman–Crippen MR) is 176 cm³/mol. The Morgan fingerprint density at radius 2 is 1.67 bits per heavy atom. The Kier molecular flexibility index (Phi) is 12.6. The number of hydrogen-bond donors (Lipinski definition) is 4. The summed E-state index contributed by atoms with van der Waals surface area (Å²) in [4.78, 5) is 53.6. The number of hydrogen-bond acceptors (Lipinski definition) is 6. The number of carbonyl (C=O) groups excluding carboxylic acids is 4. The lowest BCUT2D eigenvalue weighted by molar-refractivity contribution is -0.130. The minimum atomic E-state index is -0.988. The summed E-state index contributed by atoms with van der Waals surface area (Å²) >= 11 is 0.